The number of alkyl halides is 3. The summed E-state index contributed by atoms with van der Waals surface area (Å²) in [7, 11) is 0. The van der Waals surface area contributed by atoms with Crippen LogP contribution < -0.4 is 16.4 Å². The van der Waals surface area contributed by atoms with E-state index in [0.29, 0.717) is 41.2 Å². The van der Waals surface area contributed by atoms with Crippen LogP contribution in [0.1, 0.15) is 27.2 Å². The lowest BCUT2D eigenvalue weighted by Gasteiger charge is -2.17. The fourth-order valence-electron chi connectivity index (χ4n) is 3.93. The number of nitrogens with two attached hydrogens (primary N) is 1. The van der Waals surface area contributed by atoms with E-state index in [9.17, 15) is 18.0 Å². The second-order valence-electron chi connectivity index (χ2n) is 8.33. The number of hydrogen-bond donors (Lipinski definition) is 3. The lowest BCUT2D eigenvalue weighted by atomic mass is 9.93. The number of carbonyl (C=O) groups excluding carboxylic acids is 1. The van der Waals surface area contributed by atoms with Gasteiger partial charge in [-0.15, -0.1) is 0 Å². The summed E-state index contributed by atoms with van der Waals surface area (Å²) in [4.78, 5) is 17.5. The molecule has 1 aromatic heterocycles. The van der Waals surface area contributed by atoms with Crippen molar-refractivity contribution < 1.29 is 18.0 Å². The summed E-state index contributed by atoms with van der Waals surface area (Å²) in [6.45, 7) is 1.99. The summed E-state index contributed by atoms with van der Waals surface area (Å²) in [6, 6.07) is 21.8. The molecule has 3 aromatic carbocycles. The number of amides is 1. The van der Waals surface area contributed by atoms with E-state index in [-0.39, 0.29) is 11.1 Å². The van der Waals surface area contributed by atoms with E-state index in [1.165, 1.54) is 13.0 Å². The van der Waals surface area contributed by atoms with Gasteiger partial charge in [0.05, 0.1) is 16.9 Å². The molecule has 36 heavy (non-hydrogen) atoms. The molecular formula is C28H25F3N4O. The van der Waals surface area contributed by atoms with Crippen LogP contribution >= 0.6 is 0 Å². The van der Waals surface area contributed by atoms with E-state index in [1.807, 2.05) is 18.2 Å². The zero-order chi connectivity index (χ0) is 25.7. The van der Waals surface area contributed by atoms with Crippen molar-refractivity contribution in [2.75, 3.05) is 22.9 Å². The number of rotatable bonds is 7. The Morgan fingerprint density at radius 3 is 2.39 bits per heavy atom. The molecule has 4 N–H and O–H groups in total. The number of halogens is 3. The molecule has 4 rings (SSSR count). The van der Waals surface area contributed by atoms with Crippen molar-refractivity contribution in [2.24, 2.45) is 0 Å². The van der Waals surface area contributed by atoms with Crippen molar-refractivity contribution in [3.63, 3.8) is 0 Å². The molecule has 0 saturated heterocycles. The highest BCUT2D eigenvalue weighted by Crippen LogP contribution is 2.36. The molecule has 0 radical (unpaired) electrons. The maximum atomic E-state index is 13.6. The number of carbonyl (C=O) groups is 1. The topological polar surface area (TPSA) is 80.0 Å². The Morgan fingerprint density at radius 2 is 1.72 bits per heavy atom. The molecule has 0 aliphatic rings. The first-order valence-electron chi connectivity index (χ1n) is 11.3. The first kappa shape index (κ1) is 24.8. The second-order valence-corrected chi connectivity index (χ2v) is 8.33. The van der Waals surface area contributed by atoms with Gasteiger partial charge in [-0.25, -0.2) is 0 Å². The highest BCUT2D eigenvalue weighted by atomic mass is 19.4. The van der Waals surface area contributed by atoms with Gasteiger partial charge in [-0.05, 0) is 60.0 Å². The minimum Gasteiger partial charge on any atom is -0.397 e. The molecule has 0 saturated carbocycles. The summed E-state index contributed by atoms with van der Waals surface area (Å²) in [6.07, 6.45) is -2.15. The third-order valence-corrected chi connectivity index (χ3v) is 5.73. The van der Waals surface area contributed by atoms with E-state index in [2.05, 4.69) is 15.6 Å². The van der Waals surface area contributed by atoms with E-state index in [1.54, 1.807) is 54.7 Å². The Bertz CT molecular complexity index is 1360. The third kappa shape index (κ3) is 5.83. The molecule has 1 heterocycles. The van der Waals surface area contributed by atoms with Crippen LogP contribution in [-0.2, 0) is 12.6 Å². The molecule has 8 heteroatoms. The summed E-state index contributed by atoms with van der Waals surface area (Å²) in [5, 5.41) is 5.92. The fourth-order valence-corrected chi connectivity index (χ4v) is 3.93. The molecule has 0 unspecified atom stereocenters. The van der Waals surface area contributed by atoms with Crippen molar-refractivity contribution in [3.05, 3.63) is 107 Å². The number of anilines is 3. The Kier molecular flexibility index (Phi) is 7.24. The minimum absolute atomic E-state index is 0.0447. The molecule has 0 aliphatic carbocycles. The fraction of sp³-hybridized carbons (Fsp3) is 0.143. The number of hydrogen-bond acceptors (Lipinski definition) is 4. The monoisotopic (exact) mass is 490 g/mol. The molecule has 0 aliphatic heterocycles. The van der Waals surface area contributed by atoms with Crippen LogP contribution in [-0.4, -0.2) is 17.4 Å². The average Bonchev–Trinajstić information content (AvgIpc) is 2.85. The summed E-state index contributed by atoms with van der Waals surface area (Å²) >= 11 is 0. The molecule has 4 aromatic rings. The standard InChI is InChI=1S/C28H25F3N4O/c1-18-15-22(19-7-3-2-4-8-19)23(17-24(18)28(29,30)31)27(36)35-21-10-11-26(25(32)16-21)34-14-12-20-9-5-6-13-33-20/h2-11,13,15-17,34H,12,14,32H2,1H3,(H,35,36). The number of aromatic nitrogens is 1. The van der Waals surface area contributed by atoms with Crippen molar-refractivity contribution in [3.8, 4) is 11.1 Å². The normalized spacial score (nSPS) is 11.2. The van der Waals surface area contributed by atoms with Crippen LogP contribution in [0.4, 0.5) is 30.2 Å². The van der Waals surface area contributed by atoms with E-state index >= 15 is 0 Å². The van der Waals surface area contributed by atoms with E-state index in [4.69, 9.17) is 5.73 Å². The smallest absolute Gasteiger partial charge is 0.397 e. The zero-order valence-corrected chi connectivity index (χ0v) is 19.6. The van der Waals surface area contributed by atoms with E-state index in [0.717, 1.165) is 11.8 Å². The number of benzene rings is 3. The molecule has 0 fully saturated rings. The largest absolute Gasteiger partial charge is 0.416 e. The average molecular weight is 491 g/mol. The molecule has 0 bridgehead atoms. The van der Waals surface area contributed by atoms with Gasteiger partial charge in [-0.3, -0.25) is 9.78 Å². The molecule has 0 atom stereocenters. The maximum Gasteiger partial charge on any atom is 0.416 e. The van der Waals surface area contributed by atoms with Crippen molar-refractivity contribution >= 4 is 23.0 Å². The van der Waals surface area contributed by atoms with Crippen LogP contribution in [0.25, 0.3) is 11.1 Å². The van der Waals surface area contributed by atoms with Gasteiger partial charge in [0, 0.05) is 36.1 Å². The second kappa shape index (κ2) is 10.5. The first-order chi connectivity index (χ1) is 17.2. The van der Waals surface area contributed by atoms with Crippen molar-refractivity contribution in [1.82, 2.24) is 4.98 Å². The summed E-state index contributed by atoms with van der Waals surface area (Å²) in [5.74, 6) is -0.658. The van der Waals surface area contributed by atoms with Gasteiger partial charge in [0.2, 0.25) is 0 Å². The van der Waals surface area contributed by atoms with Gasteiger partial charge in [0.15, 0.2) is 0 Å². The highest BCUT2D eigenvalue weighted by molar-refractivity contribution is 6.09. The number of nitrogens with one attached hydrogen (secondary N) is 2. The molecular weight excluding hydrogens is 465 g/mol. The minimum atomic E-state index is -4.58. The Labute approximate surface area is 207 Å². The predicted octanol–water partition coefficient (Wildman–Crippen LogP) is 6.56. The van der Waals surface area contributed by atoms with Crippen LogP contribution in [0, 0.1) is 6.92 Å². The number of aryl methyl sites for hydroxylation is 1. The summed E-state index contributed by atoms with van der Waals surface area (Å²) < 4.78 is 40.8. The lowest BCUT2D eigenvalue weighted by molar-refractivity contribution is -0.138. The molecule has 184 valence electrons. The predicted molar refractivity (Wildman–Crippen MR) is 137 cm³/mol. The van der Waals surface area contributed by atoms with Gasteiger partial charge >= 0.3 is 6.18 Å². The van der Waals surface area contributed by atoms with Gasteiger partial charge in [0.25, 0.3) is 5.91 Å². The quantitative estimate of drug-likeness (QED) is 0.256. The third-order valence-electron chi connectivity index (χ3n) is 5.73. The van der Waals surface area contributed by atoms with Crippen molar-refractivity contribution in [1.29, 1.82) is 0 Å². The van der Waals surface area contributed by atoms with Gasteiger partial charge < -0.3 is 16.4 Å². The van der Waals surface area contributed by atoms with Gasteiger partial charge in [0.1, 0.15) is 0 Å². The van der Waals surface area contributed by atoms with Crippen LogP contribution in [0.15, 0.2) is 85.1 Å². The number of pyridine rings is 1. The van der Waals surface area contributed by atoms with Gasteiger partial charge in [-0.2, -0.15) is 13.2 Å². The van der Waals surface area contributed by atoms with Crippen LogP contribution in [0.3, 0.4) is 0 Å². The lowest BCUT2D eigenvalue weighted by Crippen LogP contribution is -2.17. The Hall–Kier alpha value is -4.33. The maximum absolute atomic E-state index is 13.6. The zero-order valence-electron chi connectivity index (χ0n) is 19.6. The van der Waals surface area contributed by atoms with Crippen LogP contribution in [0.5, 0.6) is 0 Å². The Morgan fingerprint density at radius 1 is 0.972 bits per heavy atom. The number of nitrogens with zero attached hydrogens (tertiary/aromatic N) is 1. The highest BCUT2D eigenvalue weighted by Gasteiger charge is 2.34. The molecule has 5 nitrogen and oxygen atoms in total. The Balaban J connectivity index is 1.55. The van der Waals surface area contributed by atoms with Crippen molar-refractivity contribution in [2.45, 2.75) is 19.5 Å². The SMILES string of the molecule is Cc1cc(-c2ccccc2)c(C(=O)Nc2ccc(NCCc3ccccn3)c(N)c2)cc1C(F)(F)F. The number of nitrogen functional groups attached to an aromatic ring is 1. The summed E-state index contributed by atoms with van der Waals surface area (Å²) in [5.41, 5.74) is 8.75. The molecule has 0 spiro atoms. The first-order valence-corrected chi connectivity index (χ1v) is 11.3. The van der Waals surface area contributed by atoms with Gasteiger partial charge in [-0.1, -0.05) is 42.5 Å². The van der Waals surface area contributed by atoms with E-state index < -0.39 is 17.6 Å². The molecule has 1 amide bonds. The van der Waals surface area contributed by atoms with Crippen LogP contribution in [0.2, 0.25) is 0 Å².